The van der Waals surface area contributed by atoms with Crippen LogP contribution in [0, 0.1) is 0 Å². The molecule has 0 aromatic heterocycles. The highest BCUT2D eigenvalue weighted by Gasteiger charge is 2.02. The molecule has 0 spiro atoms. The Morgan fingerprint density at radius 1 is 1.36 bits per heavy atom. The number of hydrogen-bond donors (Lipinski definition) is 0. The first-order chi connectivity index (χ1) is 6.67. The van der Waals surface area contributed by atoms with Gasteiger partial charge in [-0.1, -0.05) is 50.8 Å². The van der Waals surface area contributed by atoms with Crippen LogP contribution in [-0.2, 0) is 0 Å². The van der Waals surface area contributed by atoms with Gasteiger partial charge in [0.25, 0.3) is 0 Å². The van der Waals surface area contributed by atoms with Gasteiger partial charge >= 0.3 is 0 Å². The van der Waals surface area contributed by atoms with E-state index in [1.54, 1.807) is 12.2 Å². The summed E-state index contributed by atoms with van der Waals surface area (Å²) in [6.07, 6.45) is 5.20. The Balaban J connectivity index is 0. The van der Waals surface area contributed by atoms with Crippen molar-refractivity contribution in [2.75, 3.05) is 0 Å². The first kappa shape index (κ1) is 15.4. The normalized spacial score (nSPS) is 11.1. The van der Waals surface area contributed by atoms with Crippen LogP contribution in [0.4, 0.5) is 0 Å². The summed E-state index contributed by atoms with van der Waals surface area (Å²) in [6.45, 7) is 16.5. The molecular formula is C12H18ClN. The summed E-state index contributed by atoms with van der Waals surface area (Å²) in [7, 11) is 0. The molecule has 0 aromatic rings. The number of hydrogen-bond acceptors (Lipinski definition) is 1. The van der Waals surface area contributed by atoms with Crippen LogP contribution in [0.3, 0.4) is 0 Å². The van der Waals surface area contributed by atoms with Crippen molar-refractivity contribution in [3.05, 3.63) is 47.7 Å². The van der Waals surface area contributed by atoms with Crippen LogP contribution < -0.4 is 0 Å². The molecule has 0 rings (SSSR count). The summed E-state index contributed by atoms with van der Waals surface area (Å²) in [6, 6.07) is 0. The van der Waals surface area contributed by atoms with Crippen molar-refractivity contribution in [2.24, 2.45) is 4.99 Å². The Bertz CT molecular complexity index is 259. The highest BCUT2D eigenvalue weighted by atomic mass is 35.5. The molecule has 0 fully saturated rings. The fourth-order valence-electron chi connectivity index (χ4n) is 0.783. The van der Waals surface area contributed by atoms with Gasteiger partial charge in [-0.05, 0) is 19.7 Å². The lowest BCUT2D eigenvalue weighted by molar-refractivity contribution is 1.34. The largest absolute Gasteiger partial charge is 0.264 e. The number of rotatable bonds is 4. The lowest BCUT2D eigenvalue weighted by Gasteiger charge is -2.03. The van der Waals surface area contributed by atoms with Crippen LogP contribution in [0.25, 0.3) is 0 Å². The van der Waals surface area contributed by atoms with E-state index in [1.807, 2.05) is 26.8 Å². The first-order valence-electron chi connectivity index (χ1n) is 4.48. The van der Waals surface area contributed by atoms with Crippen molar-refractivity contribution in [1.29, 1.82) is 0 Å². The average molecular weight is 212 g/mol. The van der Waals surface area contributed by atoms with E-state index in [1.165, 1.54) is 0 Å². The van der Waals surface area contributed by atoms with Crippen LogP contribution in [0.15, 0.2) is 52.7 Å². The second-order valence-corrected chi connectivity index (χ2v) is 2.51. The Morgan fingerprint density at radius 3 is 2.07 bits per heavy atom. The summed E-state index contributed by atoms with van der Waals surface area (Å²) >= 11 is 5.73. The molecule has 0 heterocycles. The van der Waals surface area contributed by atoms with Gasteiger partial charge in [0, 0.05) is 10.6 Å². The zero-order valence-electron chi connectivity index (χ0n) is 9.18. The van der Waals surface area contributed by atoms with Crippen LogP contribution in [0.5, 0.6) is 0 Å². The van der Waals surface area contributed by atoms with Gasteiger partial charge in [-0.25, -0.2) is 0 Å². The molecule has 0 amide bonds. The summed E-state index contributed by atoms with van der Waals surface area (Å²) in [5.74, 6) is 0. The highest BCUT2D eigenvalue weighted by Crippen LogP contribution is 2.21. The second kappa shape index (κ2) is 10.0. The van der Waals surface area contributed by atoms with Crippen molar-refractivity contribution in [2.45, 2.75) is 20.8 Å². The molecule has 0 aliphatic heterocycles. The second-order valence-electron chi connectivity index (χ2n) is 2.05. The molecule has 0 bridgehead atoms. The van der Waals surface area contributed by atoms with E-state index in [2.05, 4.69) is 24.9 Å². The minimum Gasteiger partial charge on any atom is -0.264 e. The van der Waals surface area contributed by atoms with Crippen LogP contribution >= 0.6 is 11.6 Å². The number of allylic oxidation sites excluding steroid dienone is 4. The van der Waals surface area contributed by atoms with Gasteiger partial charge in [-0.15, -0.1) is 0 Å². The van der Waals surface area contributed by atoms with Crippen LogP contribution in [0.2, 0.25) is 0 Å². The maximum atomic E-state index is 5.73. The Labute approximate surface area is 92.2 Å². The third kappa shape index (κ3) is 5.55. The third-order valence-electron chi connectivity index (χ3n) is 1.30. The Morgan fingerprint density at radius 2 is 1.86 bits per heavy atom. The Kier molecular flexibility index (Phi) is 11.0. The molecule has 0 aromatic carbocycles. The molecule has 0 aliphatic carbocycles. The van der Waals surface area contributed by atoms with Gasteiger partial charge in [0.2, 0.25) is 0 Å². The maximum absolute atomic E-state index is 5.73. The molecule has 2 heteroatoms. The van der Waals surface area contributed by atoms with Gasteiger partial charge in [-0.3, -0.25) is 4.99 Å². The molecular weight excluding hydrogens is 194 g/mol. The van der Waals surface area contributed by atoms with E-state index in [9.17, 15) is 0 Å². The Hall–Kier alpha value is -1.08. The van der Waals surface area contributed by atoms with E-state index >= 15 is 0 Å². The van der Waals surface area contributed by atoms with E-state index in [4.69, 9.17) is 11.6 Å². The molecule has 0 saturated carbocycles. The molecule has 14 heavy (non-hydrogen) atoms. The van der Waals surface area contributed by atoms with Crippen LogP contribution in [-0.4, -0.2) is 6.72 Å². The zero-order chi connectivity index (χ0) is 11.6. The standard InChI is InChI=1S/C10H12ClN.C2H6/c1-5-7-10(12-4)9(6-2)8(3)11;1-2/h5-7H,1,3-4H2,2H3;1-2H3/b9-6-,10-7+;. The molecule has 0 unspecified atom stereocenters. The molecule has 0 N–H and O–H groups in total. The summed E-state index contributed by atoms with van der Waals surface area (Å²) in [4.78, 5) is 3.80. The van der Waals surface area contributed by atoms with Gasteiger partial charge in [0.1, 0.15) is 0 Å². The van der Waals surface area contributed by atoms with Gasteiger partial charge in [0.05, 0.1) is 5.70 Å². The third-order valence-corrected chi connectivity index (χ3v) is 1.51. The molecule has 0 atom stereocenters. The van der Waals surface area contributed by atoms with Crippen LogP contribution in [0.1, 0.15) is 20.8 Å². The molecule has 1 nitrogen and oxygen atoms in total. The summed E-state index contributed by atoms with van der Waals surface area (Å²) < 4.78 is 0. The van der Waals surface area contributed by atoms with E-state index < -0.39 is 0 Å². The van der Waals surface area contributed by atoms with Gasteiger partial charge in [-0.2, -0.15) is 0 Å². The lowest BCUT2D eigenvalue weighted by atomic mass is 10.1. The summed E-state index contributed by atoms with van der Waals surface area (Å²) in [5, 5.41) is 0.456. The van der Waals surface area contributed by atoms with E-state index in [-0.39, 0.29) is 0 Å². The van der Waals surface area contributed by atoms with Gasteiger partial charge < -0.3 is 0 Å². The minimum atomic E-state index is 0.456. The quantitative estimate of drug-likeness (QED) is 0.480. The zero-order valence-corrected chi connectivity index (χ0v) is 9.93. The number of nitrogens with zero attached hydrogens (tertiary/aromatic N) is 1. The minimum absolute atomic E-state index is 0.456. The van der Waals surface area contributed by atoms with E-state index in [0.29, 0.717) is 10.7 Å². The maximum Gasteiger partial charge on any atom is 0.0705 e. The van der Waals surface area contributed by atoms with Gasteiger partial charge in [0.15, 0.2) is 0 Å². The smallest absolute Gasteiger partial charge is 0.0705 e. The predicted octanol–water partition coefficient (Wildman–Crippen LogP) is 4.48. The molecule has 0 saturated heterocycles. The van der Waals surface area contributed by atoms with Crippen molar-refractivity contribution in [3.63, 3.8) is 0 Å². The first-order valence-corrected chi connectivity index (χ1v) is 4.86. The van der Waals surface area contributed by atoms with Crippen molar-refractivity contribution >= 4 is 18.3 Å². The lowest BCUT2D eigenvalue weighted by Crippen LogP contribution is -1.85. The summed E-state index contributed by atoms with van der Waals surface area (Å²) in [5.41, 5.74) is 1.47. The topological polar surface area (TPSA) is 12.4 Å². The number of aliphatic imine (C=N–C) groups is 1. The fourth-order valence-corrected chi connectivity index (χ4v) is 0.989. The molecule has 78 valence electrons. The average Bonchev–Trinajstić information content (AvgIpc) is 2.20. The number of halogens is 1. The monoisotopic (exact) mass is 211 g/mol. The molecule has 0 radical (unpaired) electrons. The SMILES string of the molecule is C=C/C=C(N=C)\C(=C/C)C(=C)Cl.CC. The van der Waals surface area contributed by atoms with Crippen molar-refractivity contribution in [1.82, 2.24) is 0 Å². The fraction of sp³-hybridized carbons (Fsp3) is 0.250. The highest BCUT2D eigenvalue weighted by molar-refractivity contribution is 6.32. The van der Waals surface area contributed by atoms with Crippen molar-refractivity contribution < 1.29 is 0 Å². The predicted molar refractivity (Wildman–Crippen MR) is 67.9 cm³/mol. The van der Waals surface area contributed by atoms with E-state index in [0.717, 1.165) is 5.57 Å². The molecule has 0 aliphatic rings. The van der Waals surface area contributed by atoms with Crippen molar-refractivity contribution in [3.8, 4) is 0 Å².